The van der Waals surface area contributed by atoms with Gasteiger partial charge in [0.2, 0.25) is 0 Å². The first kappa shape index (κ1) is 15.7. The van der Waals surface area contributed by atoms with Crippen molar-refractivity contribution in [3.63, 3.8) is 0 Å². The number of benzene rings is 2. The normalized spacial score (nSPS) is 10.2. The number of nitrogens with two attached hydrogens (primary N) is 1. The molecule has 0 atom stereocenters. The Morgan fingerprint density at radius 3 is 2.57 bits per heavy atom. The van der Waals surface area contributed by atoms with Crippen molar-refractivity contribution in [3.05, 3.63) is 62.6 Å². The van der Waals surface area contributed by atoms with Crippen molar-refractivity contribution in [2.45, 2.75) is 20.1 Å². The van der Waals surface area contributed by atoms with Crippen LogP contribution in [0.3, 0.4) is 0 Å². The van der Waals surface area contributed by atoms with Gasteiger partial charge in [-0.25, -0.2) is 0 Å². The van der Waals surface area contributed by atoms with Crippen LogP contribution in [0.1, 0.15) is 22.3 Å². The van der Waals surface area contributed by atoms with E-state index in [1.165, 1.54) is 0 Å². The lowest BCUT2D eigenvalue weighted by Gasteiger charge is -2.14. The number of aryl methyl sites for hydroxylation is 1. The van der Waals surface area contributed by atoms with Gasteiger partial charge in [-0.3, -0.25) is 0 Å². The van der Waals surface area contributed by atoms with E-state index in [2.05, 4.69) is 6.07 Å². The number of ether oxygens (including phenoxy) is 1. The average molecular weight is 321 g/mol. The molecule has 108 valence electrons. The summed E-state index contributed by atoms with van der Waals surface area (Å²) in [6.07, 6.45) is 0. The second-order valence-electron chi connectivity index (χ2n) is 4.62. The molecule has 0 spiro atoms. The van der Waals surface area contributed by atoms with Crippen LogP contribution in [0.2, 0.25) is 10.0 Å². The minimum absolute atomic E-state index is 0.294. The van der Waals surface area contributed by atoms with Crippen molar-refractivity contribution in [3.8, 4) is 11.8 Å². The molecule has 2 aromatic carbocycles. The summed E-state index contributed by atoms with van der Waals surface area (Å²) in [4.78, 5) is 0. The Balaban J connectivity index is 2.23. The molecule has 0 amide bonds. The van der Waals surface area contributed by atoms with Crippen LogP contribution in [-0.2, 0) is 13.2 Å². The van der Waals surface area contributed by atoms with E-state index in [4.69, 9.17) is 38.9 Å². The quantitative estimate of drug-likeness (QED) is 0.917. The highest BCUT2D eigenvalue weighted by Crippen LogP contribution is 2.33. The molecule has 5 heteroatoms. The van der Waals surface area contributed by atoms with Gasteiger partial charge in [-0.1, -0.05) is 29.3 Å². The third-order valence-corrected chi connectivity index (χ3v) is 3.65. The van der Waals surface area contributed by atoms with Gasteiger partial charge in [-0.15, -0.1) is 0 Å². The van der Waals surface area contributed by atoms with Crippen molar-refractivity contribution in [1.82, 2.24) is 0 Å². The monoisotopic (exact) mass is 320 g/mol. The van der Waals surface area contributed by atoms with E-state index in [1.807, 2.05) is 19.1 Å². The van der Waals surface area contributed by atoms with Crippen LogP contribution < -0.4 is 10.5 Å². The Kier molecular flexibility index (Phi) is 5.08. The molecule has 3 nitrogen and oxygen atoms in total. The first-order valence-electron chi connectivity index (χ1n) is 6.35. The fourth-order valence-electron chi connectivity index (χ4n) is 2.00. The SMILES string of the molecule is Cc1cc(C#N)ccc1COc1c(Cl)cc(Cl)cc1CN. The highest BCUT2D eigenvalue weighted by Gasteiger charge is 2.11. The molecular formula is C16H14Cl2N2O. The maximum absolute atomic E-state index is 8.87. The molecule has 0 fully saturated rings. The van der Waals surface area contributed by atoms with Crippen molar-refractivity contribution in [1.29, 1.82) is 5.26 Å². The van der Waals surface area contributed by atoms with Gasteiger partial charge in [0.05, 0.1) is 16.7 Å². The minimum Gasteiger partial charge on any atom is -0.487 e. The van der Waals surface area contributed by atoms with Crippen LogP contribution in [0, 0.1) is 18.3 Å². The molecule has 0 heterocycles. The molecule has 0 aliphatic carbocycles. The summed E-state index contributed by atoms with van der Waals surface area (Å²) >= 11 is 12.1. The standard InChI is InChI=1S/C16H14Cl2N2O/c1-10-4-11(7-19)2-3-12(10)9-21-16-13(8-20)5-14(17)6-15(16)18/h2-6H,8-9,20H2,1H3. The van der Waals surface area contributed by atoms with E-state index in [-0.39, 0.29) is 0 Å². The highest BCUT2D eigenvalue weighted by atomic mass is 35.5. The Morgan fingerprint density at radius 2 is 1.95 bits per heavy atom. The lowest BCUT2D eigenvalue weighted by molar-refractivity contribution is 0.302. The van der Waals surface area contributed by atoms with Crippen LogP contribution in [0.5, 0.6) is 5.75 Å². The van der Waals surface area contributed by atoms with E-state index in [0.717, 1.165) is 16.7 Å². The maximum Gasteiger partial charge on any atom is 0.142 e. The van der Waals surface area contributed by atoms with Crippen molar-refractivity contribution >= 4 is 23.2 Å². The first-order valence-corrected chi connectivity index (χ1v) is 7.11. The molecule has 21 heavy (non-hydrogen) atoms. The number of nitrogens with zero attached hydrogens (tertiary/aromatic N) is 1. The third-order valence-electron chi connectivity index (χ3n) is 3.15. The lowest BCUT2D eigenvalue weighted by atomic mass is 10.1. The number of rotatable bonds is 4. The zero-order chi connectivity index (χ0) is 15.4. The van der Waals surface area contributed by atoms with Crippen LogP contribution in [-0.4, -0.2) is 0 Å². The van der Waals surface area contributed by atoms with E-state index >= 15 is 0 Å². The molecular weight excluding hydrogens is 307 g/mol. The largest absolute Gasteiger partial charge is 0.487 e. The van der Waals surface area contributed by atoms with Crippen LogP contribution in [0.25, 0.3) is 0 Å². The highest BCUT2D eigenvalue weighted by molar-refractivity contribution is 6.35. The molecule has 0 unspecified atom stereocenters. The Labute approximate surface area is 133 Å². The molecule has 0 saturated carbocycles. The predicted octanol–water partition coefficient (Wildman–Crippen LogP) is 4.21. The fraction of sp³-hybridized carbons (Fsp3) is 0.188. The Morgan fingerprint density at radius 1 is 1.19 bits per heavy atom. The molecule has 2 aromatic rings. The van der Waals surface area contributed by atoms with Gasteiger partial charge in [-0.2, -0.15) is 5.26 Å². The van der Waals surface area contributed by atoms with Crippen LogP contribution >= 0.6 is 23.2 Å². The zero-order valence-corrected chi connectivity index (χ0v) is 13.0. The smallest absolute Gasteiger partial charge is 0.142 e. The molecule has 2 rings (SSSR count). The second kappa shape index (κ2) is 6.82. The summed E-state index contributed by atoms with van der Waals surface area (Å²) in [5, 5.41) is 9.84. The minimum atomic E-state index is 0.294. The van der Waals surface area contributed by atoms with Gasteiger partial charge in [0, 0.05) is 17.1 Å². The molecule has 0 aromatic heterocycles. The van der Waals surface area contributed by atoms with Gasteiger partial charge in [-0.05, 0) is 42.3 Å². The van der Waals surface area contributed by atoms with Gasteiger partial charge in [0.1, 0.15) is 12.4 Å². The summed E-state index contributed by atoms with van der Waals surface area (Å²) in [5.41, 5.74) is 9.07. The summed E-state index contributed by atoms with van der Waals surface area (Å²) < 4.78 is 5.80. The molecule has 0 aliphatic heterocycles. The van der Waals surface area contributed by atoms with E-state index in [1.54, 1.807) is 18.2 Å². The summed E-state index contributed by atoms with van der Waals surface area (Å²) in [7, 11) is 0. The third kappa shape index (κ3) is 3.68. The van der Waals surface area contributed by atoms with Crippen LogP contribution in [0.15, 0.2) is 30.3 Å². The van der Waals surface area contributed by atoms with Gasteiger partial charge >= 0.3 is 0 Å². The Hall–Kier alpha value is -1.73. The summed E-state index contributed by atoms with van der Waals surface area (Å²) in [6, 6.07) is 10.9. The predicted molar refractivity (Wildman–Crippen MR) is 84.6 cm³/mol. The number of halogens is 2. The molecule has 0 bridgehead atoms. The van der Waals surface area contributed by atoms with E-state index < -0.39 is 0 Å². The summed E-state index contributed by atoms with van der Waals surface area (Å²) in [6.45, 7) is 2.58. The van der Waals surface area contributed by atoms with Crippen LogP contribution in [0.4, 0.5) is 0 Å². The number of hydrogen-bond acceptors (Lipinski definition) is 3. The average Bonchev–Trinajstić information content (AvgIpc) is 2.46. The topological polar surface area (TPSA) is 59.0 Å². The fourth-order valence-corrected chi connectivity index (χ4v) is 2.59. The zero-order valence-electron chi connectivity index (χ0n) is 11.5. The maximum atomic E-state index is 8.87. The molecule has 2 N–H and O–H groups in total. The lowest BCUT2D eigenvalue weighted by Crippen LogP contribution is -2.04. The number of nitriles is 1. The van der Waals surface area contributed by atoms with E-state index in [0.29, 0.717) is 34.5 Å². The van der Waals surface area contributed by atoms with Gasteiger partial charge in [0.25, 0.3) is 0 Å². The van der Waals surface area contributed by atoms with Crippen molar-refractivity contribution in [2.24, 2.45) is 5.73 Å². The Bertz CT molecular complexity index is 708. The molecule has 0 saturated heterocycles. The van der Waals surface area contributed by atoms with Crippen molar-refractivity contribution in [2.75, 3.05) is 0 Å². The molecule has 0 radical (unpaired) electrons. The van der Waals surface area contributed by atoms with E-state index in [9.17, 15) is 0 Å². The van der Waals surface area contributed by atoms with Crippen molar-refractivity contribution < 1.29 is 4.74 Å². The summed E-state index contributed by atoms with van der Waals surface area (Å²) in [5.74, 6) is 0.548. The van der Waals surface area contributed by atoms with Gasteiger partial charge < -0.3 is 10.5 Å². The number of hydrogen-bond donors (Lipinski definition) is 1. The second-order valence-corrected chi connectivity index (χ2v) is 5.47. The molecule has 0 aliphatic rings. The first-order chi connectivity index (χ1) is 10.0. The van der Waals surface area contributed by atoms with Gasteiger partial charge in [0.15, 0.2) is 0 Å².